The molecule has 3 N–H and O–H groups in total. The number of anilines is 2. The number of likely N-dealkylation sites (N-methyl/N-ethyl adjacent to an activating group) is 1. The maximum atomic E-state index is 11.9. The van der Waals surface area contributed by atoms with Crippen LogP contribution in [-0.2, 0) is 11.2 Å². The third-order valence-electron chi connectivity index (χ3n) is 4.16. The highest BCUT2D eigenvalue weighted by Crippen LogP contribution is 2.24. The first kappa shape index (κ1) is 25.2. The van der Waals surface area contributed by atoms with Crippen LogP contribution in [0.5, 0.6) is 11.5 Å². The fraction of sp³-hybridized carbons (Fsp3) is 0.182. The van der Waals surface area contributed by atoms with E-state index in [1.165, 1.54) is 4.90 Å². The second-order valence-electron chi connectivity index (χ2n) is 6.65. The number of carbonyl (C=O) groups excluding carboxylic acids is 1. The zero-order chi connectivity index (χ0) is 19.9. The molecule has 0 bridgehead atoms. The van der Waals surface area contributed by atoms with Crippen molar-refractivity contribution in [2.75, 3.05) is 19.4 Å². The minimum Gasteiger partial charge on any atom is -0.457 e. The van der Waals surface area contributed by atoms with Crippen LogP contribution >= 0.6 is 24.8 Å². The number of aromatic nitrogens is 1. The van der Waals surface area contributed by atoms with E-state index in [0.29, 0.717) is 6.42 Å². The zero-order valence-electron chi connectivity index (χ0n) is 16.8. The molecule has 0 fully saturated rings. The van der Waals surface area contributed by atoms with Crippen LogP contribution in [0.3, 0.4) is 0 Å². The molecule has 8 heteroatoms. The van der Waals surface area contributed by atoms with Gasteiger partial charge in [0.2, 0.25) is 5.91 Å². The summed E-state index contributed by atoms with van der Waals surface area (Å²) < 4.78 is 5.88. The Morgan fingerprint density at radius 1 is 1.00 bits per heavy atom. The van der Waals surface area contributed by atoms with Crippen LogP contribution in [0.1, 0.15) is 5.56 Å². The average molecular weight is 449 g/mol. The molecule has 0 aliphatic heterocycles. The Labute approximate surface area is 189 Å². The fourth-order valence-corrected chi connectivity index (χ4v) is 2.69. The molecular formula is C22H26Cl2N4O2. The number of nitrogens with zero attached hydrogens (tertiary/aromatic N) is 2. The van der Waals surface area contributed by atoms with Gasteiger partial charge in [0.1, 0.15) is 17.3 Å². The number of hydrogen-bond donors (Lipinski definition) is 2. The van der Waals surface area contributed by atoms with Crippen molar-refractivity contribution in [3.05, 3.63) is 78.5 Å². The van der Waals surface area contributed by atoms with Crippen LogP contribution in [0.2, 0.25) is 0 Å². The summed E-state index contributed by atoms with van der Waals surface area (Å²) in [5, 5.41) is 3.23. The van der Waals surface area contributed by atoms with E-state index in [9.17, 15) is 4.79 Å². The van der Waals surface area contributed by atoms with Gasteiger partial charge in [0.15, 0.2) is 0 Å². The fourth-order valence-electron chi connectivity index (χ4n) is 2.69. The molecule has 1 amide bonds. The van der Waals surface area contributed by atoms with Crippen molar-refractivity contribution in [3.63, 3.8) is 0 Å². The topological polar surface area (TPSA) is 80.5 Å². The second kappa shape index (κ2) is 12.0. The molecule has 1 heterocycles. The Bertz CT molecular complexity index is 905. The summed E-state index contributed by atoms with van der Waals surface area (Å²) in [5.41, 5.74) is 7.87. The van der Waals surface area contributed by atoms with Gasteiger partial charge in [-0.15, -0.1) is 24.8 Å². The molecule has 0 aliphatic carbocycles. The number of benzene rings is 2. The number of rotatable bonds is 7. The zero-order valence-corrected chi connectivity index (χ0v) is 18.5. The van der Waals surface area contributed by atoms with Crippen LogP contribution in [0.15, 0.2) is 72.9 Å². The van der Waals surface area contributed by atoms with Gasteiger partial charge in [0.05, 0.1) is 6.04 Å². The Morgan fingerprint density at radius 2 is 1.60 bits per heavy atom. The van der Waals surface area contributed by atoms with Gasteiger partial charge in [-0.2, -0.15) is 0 Å². The van der Waals surface area contributed by atoms with Gasteiger partial charge in [0, 0.05) is 26.0 Å². The van der Waals surface area contributed by atoms with Crippen LogP contribution in [0.4, 0.5) is 11.5 Å². The lowest BCUT2D eigenvalue weighted by Gasteiger charge is -2.16. The van der Waals surface area contributed by atoms with Crippen molar-refractivity contribution in [2.24, 2.45) is 5.73 Å². The Kier molecular flexibility index (Phi) is 10.1. The number of halogens is 2. The second-order valence-corrected chi connectivity index (χ2v) is 6.65. The van der Waals surface area contributed by atoms with E-state index >= 15 is 0 Å². The highest BCUT2D eigenvalue weighted by atomic mass is 35.5. The van der Waals surface area contributed by atoms with Crippen LogP contribution in [-0.4, -0.2) is 35.9 Å². The van der Waals surface area contributed by atoms with E-state index in [0.717, 1.165) is 28.6 Å². The van der Waals surface area contributed by atoms with Crippen molar-refractivity contribution < 1.29 is 9.53 Å². The summed E-state index contributed by atoms with van der Waals surface area (Å²) in [5.74, 6) is 2.16. The first-order chi connectivity index (χ1) is 13.5. The number of carbonyl (C=O) groups is 1. The Morgan fingerprint density at radius 3 is 2.13 bits per heavy atom. The molecule has 3 rings (SSSR count). The molecule has 0 saturated heterocycles. The highest BCUT2D eigenvalue weighted by Gasteiger charge is 2.15. The number of nitrogens with two attached hydrogens (primary N) is 1. The van der Waals surface area contributed by atoms with Crippen molar-refractivity contribution in [2.45, 2.75) is 12.5 Å². The minimum atomic E-state index is -0.541. The summed E-state index contributed by atoms with van der Waals surface area (Å²) in [6.45, 7) is 0. The maximum Gasteiger partial charge on any atom is 0.239 e. The van der Waals surface area contributed by atoms with Gasteiger partial charge in [0.25, 0.3) is 0 Å². The van der Waals surface area contributed by atoms with Gasteiger partial charge < -0.3 is 20.7 Å². The van der Waals surface area contributed by atoms with E-state index in [-0.39, 0.29) is 30.7 Å². The summed E-state index contributed by atoms with van der Waals surface area (Å²) in [6.07, 6.45) is 2.23. The van der Waals surface area contributed by atoms with Gasteiger partial charge in [-0.3, -0.25) is 4.79 Å². The molecule has 1 atom stereocenters. The Hall–Kier alpha value is -2.80. The molecule has 0 aliphatic rings. The van der Waals surface area contributed by atoms with Crippen LogP contribution in [0.25, 0.3) is 0 Å². The monoisotopic (exact) mass is 448 g/mol. The lowest BCUT2D eigenvalue weighted by Crippen LogP contribution is -2.41. The summed E-state index contributed by atoms with van der Waals surface area (Å²) in [4.78, 5) is 17.6. The standard InChI is InChI=1S/C22H24N4O2.2ClH/c1-26(2)22(27)20(23)15-16-6-10-18(11-7-16)28-19-12-8-17(9-13-19)25-21-5-3-4-14-24-21;;/h3-14,20H,15,23H2,1-2H3,(H,24,25);2*1H/t20-;;/m1../s1. The van der Waals surface area contributed by atoms with E-state index in [1.54, 1.807) is 20.3 Å². The summed E-state index contributed by atoms with van der Waals surface area (Å²) in [6, 6.07) is 20.4. The molecule has 30 heavy (non-hydrogen) atoms. The smallest absolute Gasteiger partial charge is 0.239 e. The van der Waals surface area contributed by atoms with Crippen molar-refractivity contribution >= 4 is 42.2 Å². The van der Waals surface area contributed by atoms with Crippen LogP contribution < -0.4 is 15.8 Å². The van der Waals surface area contributed by atoms with Crippen LogP contribution in [0, 0.1) is 0 Å². The molecule has 1 aromatic heterocycles. The largest absolute Gasteiger partial charge is 0.457 e. The van der Waals surface area contributed by atoms with Gasteiger partial charge in [-0.05, 0) is 60.5 Å². The number of pyridine rings is 1. The number of ether oxygens (including phenoxy) is 1. The predicted octanol–water partition coefficient (Wildman–Crippen LogP) is 4.42. The van der Waals surface area contributed by atoms with Gasteiger partial charge >= 0.3 is 0 Å². The van der Waals surface area contributed by atoms with Gasteiger partial charge in [-0.25, -0.2) is 4.98 Å². The van der Waals surface area contributed by atoms with Crippen molar-refractivity contribution in [3.8, 4) is 11.5 Å². The van der Waals surface area contributed by atoms with Crippen molar-refractivity contribution in [1.82, 2.24) is 9.88 Å². The number of hydrogen-bond acceptors (Lipinski definition) is 5. The number of amides is 1. The lowest BCUT2D eigenvalue weighted by molar-refractivity contribution is -0.130. The third-order valence-corrected chi connectivity index (χ3v) is 4.16. The van der Waals surface area contributed by atoms with E-state index in [1.807, 2.05) is 66.7 Å². The average Bonchev–Trinajstić information content (AvgIpc) is 2.71. The molecule has 2 aromatic carbocycles. The molecule has 0 saturated carbocycles. The number of nitrogens with one attached hydrogen (secondary N) is 1. The van der Waals surface area contributed by atoms with E-state index in [2.05, 4.69) is 10.3 Å². The SMILES string of the molecule is CN(C)C(=O)[C@H](N)Cc1ccc(Oc2ccc(Nc3ccccn3)cc2)cc1.Cl.Cl. The first-order valence-electron chi connectivity index (χ1n) is 9.03. The highest BCUT2D eigenvalue weighted by molar-refractivity contribution is 5.85. The summed E-state index contributed by atoms with van der Waals surface area (Å²) >= 11 is 0. The van der Waals surface area contributed by atoms with E-state index < -0.39 is 6.04 Å². The molecule has 3 aromatic rings. The lowest BCUT2D eigenvalue weighted by atomic mass is 10.1. The maximum absolute atomic E-state index is 11.9. The third kappa shape index (κ3) is 7.22. The van der Waals surface area contributed by atoms with Gasteiger partial charge in [-0.1, -0.05) is 18.2 Å². The quantitative estimate of drug-likeness (QED) is 0.558. The van der Waals surface area contributed by atoms with Crippen molar-refractivity contribution in [1.29, 1.82) is 0 Å². The molecule has 160 valence electrons. The first-order valence-corrected chi connectivity index (χ1v) is 9.03. The normalized spacial score (nSPS) is 10.8. The molecular weight excluding hydrogens is 423 g/mol. The molecule has 0 unspecified atom stereocenters. The molecule has 0 spiro atoms. The Balaban J connectivity index is 0.00000225. The molecule has 6 nitrogen and oxygen atoms in total. The minimum absolute atomic E-state index is 0. The van der Waals surface area contributed by atoms with E-state index in [4.69, 9.17) is 10.5 Å². The summed E-state index contributed by atoms with van der Waals surface area (Å²) in [7, 11) is 3.41. The predicted molar refractivity (Wildman–Crippen MR) is 125 cm³/mol. The molecule has 0 radical (unpaired) electrons.